The van der Waals surface area contributed by atoms with Crippen molar-refractivity contribution in [3.8, 4) is 11.5 Å². The number of hydrogen-bond donors (Lipinski definition) is 0. The number of rotatable bonds is 0. The monoisotopic (exact) mass is 296 g/mol. The van der Waals surface area contributed by atoms with Crippen molar-refractivity contribution < 1.29 is 9.47 Å². The molecule has 0 saturated heterocycles. The molecule has 2 aromatic carbocycles. The summed E-state index contributed by atoms with van der Waals surface area (Å²) in [7, 11) is 0. The minimum atomic E-state index is 0.766. The third kappa shape index (κ3) is 4.03. The second kappa shape index (κ2) is 7.88. The van der Waals surface area contributed by atoms with E-state index in [0.29, 0.717) is 0 Å². The minimum Gasteiger partial charge on any atom is -0.493 e. The second-order valence-electron chi connectivity index (χ2n) is 5.83. The highest BCUT2D eigenvalue weighted by molar-refractivity contribution is 5.34. The topological polar surface area (TPSA) is 18.5 Å². The van der Waals surface area contributed by atoms with E-state index in [1.54, 1.807) is 0 Å². The average molecular weight is 296 g/mol. The van der Waals surface area contributed by atoms with Gasteiger partial charge in [-0.3, -0.25) is 0 Å². The van der Waals surface area contributed by atoms with E-state index in [4.69, 9.17) is 9.47 Å². The average Bonchev–Trinajstić information content (AvgIpc) is 2.56. The highest BCUT2D eigenvalue weighted by Gasteiger charge is 2.07. The third-order valence-corrected chi connectivity index (χ3v) is 4.14. The molecule has 0 aromatic heterocycles. The lowest BCUT2D eigenvalue weighted by Gasteiger charge is -2.14. The number of hydrogen-bond acceptors (Lipinski definition) is 2. The predicted octanol–water partition coefficient (Wildman–Crippen LogP) is 4.80. The number of benzene rings is 2. The summed E-state index contributed by atoms with van der Waals surface area (Å²) in [5, 5.41) is 0. The molecule has 1 aliphatic heterocycles. The van der Waals surface area contributed by atoms with Crippen molar-refractivity contribution in [2.24, 2.45) is 0 Å². The van der Waals surface area contributed by atoms with Crippen LogP contribution in [0.5, 0.6) is 11.5 Å². The summed E-state index contributed by atoms with van der Waals surface area (Å²) in [4.78, 5) is 0. The van der Waals surface area contributed by atoms with Crippen molar-refractivity contribution in [1.82, 2.24) is 0 Å². The first kappa shape index (κ1) is 15.0. The second-order valence-corrected chi connectivity index (χ2v) is 5.83. The lowest BCUT2D eigenvalue weighted by atomic mass is 10.0. The van der Waals surface area contributed by atoms with Crippen molar-refractivity contribution in [2.75, 3.05) is 13.2 Å². The molecule has 2 aromatic rings. The van der Waals surface area contributed by atoms with Crippen LogP contribution in [-0.4, -0.2) is 13.2 Å². The molecule has 0 N–H and O–H groups in total. The molecule has 0 saturated carbocycles. The van der Waals surface area contributed by atoms with Gasteiger partial charge in [0, 0.05) is 0 Å². The SMILES string of the molecule is c1ccc2c(c1)CCCCc1ccccc1OCCCCO2. The van der Waals surface area contributed by atoms with Crippen LogP contribution in [0.3, 0.4) is 0 Å². The normalized spacial score (nSPS) is 16.4. The third-order valence-electron chi connectivity index (χ3n) is 4.14. The molecule has 0 aliphatic carbocycles. The van der Waals surface area contributed by atoms with Crippen molar-refractivity contribution >= 4 is 0 Å². The number of ether oxygens (including phenoxy) is 2. The van der Waals surface area contributed by atoms with Gasteiger partial charge in [-0.1, -0.05) is 36.4 Å². The molecule has 3 rings (SSSR count). The van der Waals surface area contributed by atoms with Gasteiger partial charge >= 0.3 is 0 Å². The molecule has 2 nitrogen and oxygen atoms in total. The van der Waals surface area contributed by atoms with Gasteiger partial charge < -0.3 is 9.47 Å². The Kier molecular flexibility index (Phi) is 5.36. The zero-order chi connectivity index (χ0) is 15.0. The van der Waals surface area contributed by atoms with Crippen molar-refractivity contribution in [1.29, 1.82) is 0 Å². The summed E-state index contributed by atoms with van der Waals surface area (Å²) < 4.78 is 11.9. The Morgan fingerprint density at radius 3 is 1.50 bits per heavy atom. The fourth-order valence-corrected chi connectivity index (χ4v) is 2.90. The van der Waals surface area contributed by atoms with Crippen LogP contribution in [0.15, 0.2) is 48.5 Å². The highest BCUT2D eigenvalue weighted by Crippen LogP contribution is 2.24. The van der Waals surface area contributed by atoms with Gasteiger partial charge in [0.15, 0.2) is 0 Å². The first-order valence-corrected chi connectivity index (χ1v) is 8.35. The van der Waals surface area contributed by atoms with E-state index in [2.05, 4.69) is 48.5 Å². The summed E-state index contributed by atoms with van der Waals surface area (Å²) >= 11 is 0. The largest absolute Gasteiger partial charge is 0.493 e. The summed E-state index contributed by atoms with van der Waals surface area (Å²) in [6.45, 7) is 1.53. The molecule has 0 unspecified atom stereocenters. The molecule has 116 valence electrons. The summed E-state index contributed by atoms with van der Waals surface area (Å²) in [6, 6.07) is 16.9. The van der Waals surface area contributed by atoms with Crippen molar-refractivity contribution in [3.63, 3.8) is 0 Å². The van der Waals surface area contributed by atoms with Gasteiger partial charge in [0.2, 0.25) is 0 Å². The Bertz CT molecular complexity index is 538. The van der Waals surface area contributed by atoms with E-state index < -0.39 is 0 Å². The van der Waals surface area contributed by atoms with Crippen LogP contribution in [0.4, 0.5) is 0 Å². The number of aryl methyl sites for hydroxylation is 2. The predicted molar refractivity (Wildman–Crippen MR) is 89.8 cm³/mol. The van der Waals surface area contributed by atoms with Gasteiger partial charge in [-0.15, -0.1) is 0 Å². The van der Waals surface area contributed by atoms with Gasteiger partial charge in [-0.05, 0) is 61.8 Å². The molecule has 0 bridgehead atoms. The molecule has 0 amide bonds. The number of para-hydroxylation sites is 2. The van der Waals surface area contributed by atoms with E-state index in [1.807, 2.05) is 0 Å². The summed E-state index contributed by atoms with van der Waals surface area (Å²) in [5.74, 6) is 2.11. The lowest BCUT2D eigenvalue weighted by Crippen LogP contribution is -2.06. The lowest BCUT2D eigenvalue weighted by molar-refractivity contribution is 0.263. The first-order chi connectivity index (χ1) is 10.9. The smallest absolute Gasteiger partial charge is 0.122 e. The highest BCUT2D eigenvalue weighted by atomic mass is 16.5. The van der Waals surface area contributed by atoms with Crippen LogP contribution in [-0.2, 0) is 12.8 Å². The molecular formula is C20H24O2. The van der Waals surface area contributed by atoms with Gasteiger partial charge in [0.05, 0.1) is 13.2 Å². The molecule has 0 spiro atoms. The fraction of sp³-hybridized carbons (Fsp3) is 0.400. The molecule has 22 heavy (non-hydrogen) atoms. The molecule has 2 heteroatoms. The maximum absolute atomic E-state index is 5.95. The Morgan fingerprint density at radius 1 is 0.545 bits per heavy atom. The zero-order valence-corrected chi connectivity index (χ0v) is 13.1. The summed E-state index contributed by atoms with van der Waals surface area (Å²) in [6.07, 6.45) is 6.56. The van der Waals surface area contributed by atoms with Gasteiger partial charge in [0.1, 0.15) is 11.5 Å². The van der Waals surface area contributed by atoms with Crippen molar-refractivity contribution in [2.45, 2.75) is 38.5 Å². The van der Waals surface area contributed by atoms with E-state index in [0.717, 1.165) is 50.4 Å². The van der Waals surface area contributed by atoms with Crippen LogP contribution in [0.1, 0.15) is 36.8 Å². The van der Waals surface area contributed by atoms with E-state index in [1.165, 1.54) is 24.0 Å². The zero-order valence-electron chi connectivity index (χ0n) is 13.1. The molecule has 0 fully saturated rings. The quantitative estimate of drug-likeness (QED) is 0.695. The van der Waals surface area contributed by atoms with Crippen LogP contribution in [0, 0.1) is 0 Å². The number of fused-ring (bicyclic) bond motifs is 2. The molecule has 1 heterocycles. The van der Waals surface area contributed by atoms with E-state index >= 15 is 0 Å². The first-order valence-electron chi connectivity index (χ1n) is 8.35. The Balaban J connectivity index is 1.70. The van der Waals surface area contributed by atoms with Crippen molar-refractivity contribution in [3.05, 3.63) is 59.7 Å². The molecule has 0 atom stereocenters. The molecular weight excluding hydrogens is 272 g/mol. The van der Waals surface area contributed by atoms with Gasteiger partial charge in [-0.25, -0.2) is 0 Å². The Morgan fingerprint density at radius 2 is 1.00 bits per heavy atom. The van der Waals surface area contributed by atoms with Crippen LogP contribution >= 0.6 is 0 Å². The van der Waals surface area contributed by atoms with Crippen LogP contribution < -0.4 is 9.47 Å². The molecule has 0 radical (unpaired) electrons. The Hall–Kier alpha value is -1.96. The minimum absolute atomic E-state index is 0.766. The fourth-order valence-electron chi connectivity index (χ4n) is 2.90. The standard InChI is InChI=1S/C20H24O2/c1-2-10-18-12-4-6-14-20(18)22-16-8-7-15-21-19-13-5-3-11-17(19)9-1/h3-6,11-14H,1-2,7-10,15-16H2. The summed E-state index contributed by atoms with van der Waals surface area (Å²) in [5.41, 5.74) is 2.67. The van der Waals surface area contributed by atoms with E-state index in [-0.39, 0.29) is 0 Å². The maximum atomic E-state index is 5.95. The van der Waals surface area contributed by atoms with E-state index in [9.17, 15) is 0 Å². The van der Waals surface area contributed by atoms with Gasteiger partial charge in [-0.2, -0.15) is 0 Å². The molecule has 1 aliphatic rings. The van der Waals surface area contributed by atoms with Crippen LogP contribution in [0.25, 0.3) is 0 Å². The van der Waals surface area contributed by atoms with Crippen LogP contribution in [0.2, 0.25) is 0 Å². The maximum Gasteiger partial charge on any atom is 0.122 e. The Labute approximate surface area is 133 Å². The van der Waals surface area contributed by atoms with Gasteiger partial charge in [0.25, 0.3) is 0 Å².